The van der Waals surface area contributed by atoms with E-state index >= 15 is 0 Å². The van der Waals surface area contributed by atoms with Crippen molar-refractivity contribution in [3.8, 4) is 0 Å². The molecule has 0 aliphatic carbocycles. The highest BCUT2D eigenvalue weighted by atomic mass is 16.5. The fourth-order valence-corrected chi connectivity index (χ4v) is 2.32. The van der Waals surface area contributed by atoms with Crippen LogP contribution in [0.1, 0.15) is 31.2 Å². The zero-order valence-corrected chi connectivity index (χ0v) is 10.4. The number of hydrogen-bond donors (Lipinski definition) is 1. The van der Waals surface area contributed by atoms with E-state index in [9.17, 15) is 4.79 Å². The number of aryl methyl sites for hydroxylation is 1. The first-order valence-electron chi connectivity index (χ1n) is 6.05. The lowest BCUT2D eigenvalue weighted by molar-refractivity contribution is -0.120. The molecule has 1 aromatic heterocycles. The number of piperidine rings is 1. The van der Waals surface area contributed by atoms with Crippen LogP contribution in [0.4, 0.5) is 0 Å². The highest BCUT2D eigenvalue weighted by Crippen LogP contribution is 2.14. The molecule has 1 aliphatic heterocycles. The van der Waals surface area contributed by atoms with Crippen molar-refractivity contribution < 1.29 is 9.32 Å². The van der Waals surface area contributed by atoms with Gasteiger partial charge in [0.05, 0.1) is 12.2 Å². The number of aromatic nitrogens is 1. The first-order valence-corrected chi connectivity index (χ1v) is 6.05. The average molecular weight is 237 g/mol. The maximum Gasteiger partial charge on any atom is 0.217 e. The van der Waals surface area contributed by atoms with Gasteiger partial charge in [-0.25, -0.2) is 0 Å². The minimum Gasteiger partial charge on any atom is -0.360 e. The Morgan fingerprint density at radius 2 is 2.53 bits per heavy atom. The second kappa shape index (κ2) is 5.31. The zero-order chi connectivity index (χ0) is 12.3. The van der Waals surface area contributed by atoms with E-state index in [0.29, 0.717) is 0 Å². The fourth-order valence-electron chi connectivity index (χ4n) is 2.32. The van der Waals surface area contributed by atoms with E-state index in [1.54, 1.807) is 6.92 Å². The van der Waals surface area contributed by atoms with Crippen LogP contribution in [0.5, 0.6) is 0 Å². The molecule has 17 heavy (non-hydrogen) atoms. The molecular formula is C12H19N3O2. The van der Waals surface area contributed by atoms with Crippen LogP contribution in [0, 0.1) is 6.92 Å². The number of carbonyl (C=O) groups excluding carboxylic acids is 1. The molecule has 0 saturated carbocycles. The van der Waals surface area contributed by atoms with Crippen LogP contribution in [0.25, 0.3) is 0 Å². The Morgan fingerprint density at radius 1 is 1.71 bits per heavy atom. The van der Waals surface area contributed by atoms with E-state index < -0.39 is 0 Å². The molecule has 5 nitrogen and oxygen atoms in total. The molecule has 0 aromatic carbocycles. The predicted molar refractivity (Wildman–Crippen MR) is 63.4 cm³/mol. The highest BCUT2D eigenvalue weighted by molar-refractivity contribution is 5.73. The fraction of sp³-hybridized carbons (Fsp3) is 0.667. The number of likely N-dealkylation sites (tertiary alicyclic amines) is 1. The van der Waals surface area contributed by atoms with Gasteiger partial charge in [-0.2, -0.15) is 0 Å². The maximum absolute atomic E-state index is 11.0. The van der Waals surface area contributed by atoms with Crippen molar-refractivity contribution in [3.05, 3.63) is 17.5 Å². The van der Waals surface area contributed by atoms with Gasteiger partial charge in [0, 0.05) is 25.6 Å². The van der Waals surface area contributed by atoms with E-state index in [2.05, 4.69) is 15.4 Å². The van der Waals surface area contributed by atoms with Crippen molar-refractivity contribution in [3.63, 3.8) is 0 Å². The Balaban J connectivity index is 1.87. The molecule has 0 radical (unpaired) electrons. The molecule has 2 rings (SSSR count). The van der Waals surface area contributed by atoms with Crippen molar-refractivity contribution in [1.29, 1.82) is 0 Å². The van der Waals surface area contributed by atoms with Gasteiger partial charge in [0.15, 0.2) is 5.76 Å². The SMILES string of the molecule is CC(=O)NC1CCCN(Cc2cc(C)no2)C1. The lowest BCUT2D eigenvalue weighted by atomic mass is 10.1. The van der Waals surface area contributed by atoms with Crippen molar-refractivity contribution in [2.24, 2.45) is 0 Å². The van der Waals surface area contributed by atoms with Crippen LogP contribution in [-0.4, -0.2) is 35.1 Å². The van der Waals surface area contributed by atoms with Crippen LogP contribution in [0.3, 0.4) is 0 Å². The zero-order valence-electron chi connectivity index (χ0n) is 10.4. The Kier molecular flexibility index (Phi) is 3.78. The molecule has 94 valence electrons. The summed E-state index contributed by atoms with van der Waals surface area (Å²) in [5.41, 5.74) is 0.912. The summed E-state index contributed by atoms with van der Waals surface area (Å²) < 4.78 is 5.20. The summed E-state index contributed by atoms with van der Waals surface area (Å²) in [6, 6.07) is 2.23. The summed E-state index contributed by atoms with van der Waals surface area (Å²) in [5.74, 6) is 0.943. The van der Waals surface area contributed by atoms with Gasteiger partial charge in [-0.15, -0.1) is 0 Å². The van der Waals surface area contributed by atoms with Crippen LogP contribution in [0.2, 0.25) is 0 Å². The maximum atomic E-state index is 11.0. The molecule has 2 heterocycles. The van der Waals surface area contributed by atoms with Crippen molar-refractivity contribution in [2.45, 2.75) is 39.3 Å². The second-order valence-corrected chi connectivity index (χ2v) is 4.71. The van der Waals surface area contributed by atoms with Gasteiger partial charge in [-0.3, -0.25) is 9.69 Å². The van der Waals surface area contributed by atoms with E-state index in [0.717, 1.165) is 43.9 Å². The molecular weight excluding hydrogens is 218 g/mol. The molecule has 1 saturated heterocycles. The quantitative estimate of drug-likeness (QED) is 0.854. The van der Waals surface area contributed by atoms with Gasteiger partial charge in [-0.1, -0.05) is 5.16 Å². The van der Waals surface area contributed by atoms with Gasteiger partial charge in [0.1, 0.15) is 0 Å². The first kappa shape index (κ1) is 12.1. The summed E-state index contributed by atoms with van der Waals surface area (Å²) in [4.78, 5) is 13.3. The topological polar surface area (TPSA) is 58.4 Å². The molecule has 0 spiro atoms. The number of amides is 1. The van der Waals surface area contributed by atoms with Gasteiger partial charge >= 0.3 is 0 Å². The van der Waals surface area contributed by atoms with Crippen LogP contribution >= 0.6 is 0 Å². The van der Waals surface area contributed by atoms with Crippen molar-refractivity contribution in [2.75, 3.05) is 13.1 Å². The number of nitrogens with one attached hydrogen (secondary N) is 1. The number of carbonyl (C=O) groups is 1. The molecule has 0 bridgehead atoms. The van der Waals surface area contributed by atoms with E-state index in [4.69, 9.17) is 4.52 Å². The third kappa shape index (κ3) is 3.56. The summed E-state index contributed by atoms with van der Waals surface area (Å²) in [7, 11) is 0. The largest absolute Gasteiger partial charge is 0.360 e. The molecule has 1 fully saturated rings. The Bertz CT molecular complexity index is 389. The standard InChI is InChI=1S/C12H19N3O2/c1-9-6-12(17-14-9)8-15-5-3-4-11(7-15)13-10(2)16/h6,11H,3-5,7-8H2,1-2H3,(H,13,16). The lowest BCUT2D eigenvalue weighted by Gasteiger charge is -2.32. The molecule has 1 unspecified atom stereocenters. The molecule has 1 atom stereocenters. The molecule has 1 aromatic rings. The van der Waals surface area contributed by atoms with Crippen LogP contribution in [-0.2, 0) is 11.3 Å². The predicted octanol–water partition coefficient (Wildman–Crippen LogP) is 1.08. The highest BCUT2D eigenvalue weighted by Gasteiger charge is 2.21. The normalized spacial score (nSPS) is 21.4. The first-order chi connectivity index (χ1) is 8.13. The average Bonchev–Trinajstić information content (AvgIpc) is 2.63. The lowest BCUT2D eigenvalue weighted by Crippen LogP contribution is -2.46. The summed E-state index contributed by atoms with van der Waals surface area (Å²) in [6.07, 6.45) is 2.17. The van der Waals surface area contributed by atoms with E-state index in [-0.39, 0.29) is 11.9 Å². The molecule has 1 N–H and O–H groups in total. The van der Waals surface area contributed by atoms with Crippen molar-refractivity contribution >= 4 is 5.91 Å². The van der Waals surface area contributed by atoms with Gasteiger partial charge in [-0.05, 0) is 26.3 Å². The summed E-state index contributed by atoms with van der Waals surface area (Å²) in [6.45, 7) is 6.20. The summed E-state index contributed by atoms with van der Waals surface area (Å²) >= 11 is 0. The number of rotatable bonds is 3. The monoisotopic (exact) mass is 237 g/mol. The minimum atomic E-state index is 0.0485. The van der Waals surface area contributed by atoms with E-state index in [1.165, 1.54) is 0 Å². The molecule has 5 heteroatoms. The second-order valence-electron chi connectivity index (χ2n) is 4.71. The Labute approximate surface area is 101 Å². The smallest absolute Gasteiger partial charge is 0.217 e. The third-order valence-corrected chi connectivity index (χ3v) is 2.97. The number of nitrogens with zero attached hydrogens (tertiary/aromatic N) is 2. The van der Waals surface area contributed by atoms with E-state index in [1.807, 2.05) is 13.0 Å². The molecule has 1 amide bonds. The summed E-state index contributed by atoms with van der Waals surface area (Å²) in [5, 5.41) is 6.85. The van der Waals surface area contributed by atoms with Gasteiger partial charge < -0.3 is 9.84 Å². The van der Waals surface area contributed by atoms with Crippen molar-refractivity contribution in [1.82, 2.24) is 15.4 Å². The number of hydrogen-bond acceptors (Lipinski definition) is 4. The van der Waals surface area contributed by atoms with Gasteiger partial charge in [0.25, 0.3) is 0 Å². The minimum absolute atomic E-state index is 0.0485. The third-order valence-electron chi connectivity index (χ3n) is 2.97. The molecule has 1 aliphatic rings. The Morgan fingerprint density at radius 3 is 3.18 bits per heavy atom. The van der Waals surface area contributed by atoms with Gasteiger partial charge in [0.2, 0.25) is 5.91 Å². The van der Waals surface area contributed by atoms with Crippen LogP contribution < -0.4 is 5.32 Å². The Hall–Kier alpha value is -1.36. The van der Waals surface area contributed by atoms with Crippen LogP contribution in [0.15, 0.2) is 10.6 Å².